The molecule has 1 N–H and O–H groups in total. The summed E-state index contributed by atoms with van der Waals surface area (Å²) in [6, 6.07) is 3.78. The van der Waals surface area contributed by atoms with Gasteiger partial charge in [-0.2, -0.15) is 5.10 Å². The Balaban J connectivity index is 2.15. The molecule has 0 unspecified atom stereocenters. The Kier molecular flexibility index (Phi) is 3.00. The van der Waals surface area contributed by atoms with Crippen LogP contribution in [0, 0.1) is 0 Å². The van der Waals surface area contributed by atoms with Crippen LogP contribution in [0.4, 0.5) is 0 Å². The lowest BCUT2D eigenvalue weighted by molar-refractivity contribution is -0.133. The van der Waals surface area contributed by atoms with Crippen LogP contribution >= 0.6 is 11.3 Å². The van der Waals surface area contributed by atoms with Crippen LogP contribution in [0.25, 0.3) is 0 Å². The summed E-state index contributed by atoms with van der Waals surface area (Å²) in [6.07, 6.45) is 0.436. The van der Waals surface area contributed by atoms with E-state index < -0.39 is 5.97 Å². The van der Waals surface area contributed by atoms with Gasteiger partial charge in [0.05, 0.1) is 6.54 Å². The van der Waals surface area contributed by atoms with Crippen LogP contribution < -0.4 is 0 Å². The molecular formula is C10H10N2O3S. The second kappa shape index (κ2) is 4.44. The number of carbonyl (C=O) groups is 2. The summed E-state index contributed by atoms with van der Waals surface area (Å²) in [5.41, 5.74) is 0.0520. The third kappa shape index (κ3) is 2.27. The molecule has 1 aliphatic rings. The zero-order valence-corrected chi connectivity index (χ0v) is 9.24. The average Bonchev–Trinajstić information content (AvgIpc) is 2.73. The van der Waals surface area contributed by atoms with Crippen LogP contribution in [0.15, 0.2) is 22.6 Å². The highest BCUT2D eigenvalue weighted by molar-refractivity contribution is 7.09. The first-order chi connectivity index (χ1) is 7.66. The third-order valence-corrected chi connectivity index (χ3v) is 3.10. The molecule has 2 heterocycles. The van der Waals surface area contributed by atoms with Gasteiger partial charge in [-0.15, -0.1) is 11.3 Å². The van der Waals surface area contributed by atoms with Gasteiger partial charge in [-0.3, -0.25) is 4.79 Å². The summed E-state index contributed by atoms with van der Waals surface area (Å²) in [4.78, 5) is 23.3. The van der Waals surface area contributed by atoms with Crippen molar-refractivity contribution in [1.29, 1.82) is 0 Å². The van der Waals surface area contributed by atoms with Gasteiger partial charge in [0.1, 0.15) is 5.71 Å². The predicted molar refractivity (Wildman–Crippen MR) is 59.2 cm³/mol. The van der Waals surface area contributed by atoms with Crippen LogP contribution in [-0.2, 0) is 16.1 Å². The van der Waals surface area contributed by atoms with Gasteiger partial charge in [-0.25, -0.2) is 9.80 Å². The topological polar surface area (TPSA) is 70.0 Å². The molecule has 0 aromatic carbocycles. The second-order valence-corrected chi connectivity index (χ2v) is 4.41. The first kappa shape index (κ1) is 10.8. The average molecular weight is 238 g/mol. The van der Waals surface area contributed by atoms with E-state index in [1.807, 2.05) is 17.5 Å². The van der Waals surface area contributed by atoms with Gasteiger partial charge < -0.3 is 5.11 Å². The molecule has 1 aromatic heterocycles. The number of carbonyl (C=O) groups excluding carboxylic acids is 1. The molecule has 16 heavy (non-hydrogen) atoms. The molecule has 6 heteroatoms. The minimum atomic E-state index is -1.05. The van der Waals surface area contributed by atoms with Crippen molar-refractivity contribution in [3.63, 3.8) is 0 Å². The largest absolute Gasteiger partial charge is 0.477 e. The number of nitrogens with zero attached hydrogens (tertiary/aromatic N) is 2. The second-order valence-electron chi connectivity index (χ2n) is 3.38. The maximum atomic E-state index is 11.5. The van der Waals surface area contributed by atoms with Crippen LogP contribution in [0.3, 0.4) is 0 Å². The molecule has 0 atom stereocenters. The van der Waals surface area contributed by atoms with Gasteiger partial charge >= 0.3 is 5.97 Å². The smallest absolute Gasteiger partial charge is 0.352 e. The number of rotatable bonds is 3. The molecule has 0 aliphatic carbocycles. The maximum absolute atomic E-state index is 11.5. The SMILES string of the molecule is O=C(O)C1=NN(Cc2cccs2)C(=O)CC1. The van der Waals surface area contributed by atoms with Crippen LogP contribution in [0.1, 0.15) is 17.7 Å². The van der Waals surface area contributed by atoms with Crippen LogP contribution in [0.5, 0.6) is 0 Å². The molecule has 0 fully saturated rings. The number of amides is 1. The maximum Gasteiger partial charge on any atom is 0.352 e. The highest BCUT2D eigenvalue weighted by Gasteiger charge is 2.24. The van der Waals surface area contributed by atoms with Crippen molar-refractivity contribution in [2.45, 2.75) is 19.4 Å². The van der Waals surface area contributed by atoms with E-state index in [0.717, 1.165) is 4.88 Å². The first-order valence-electron chi connectivity index (χ1n) is 4.80. The number of thiophene rings is 1. The fraction of sp³-hybridized carbons (Fsp3) is 0.300. The summed E-state index contributed by atoms with van der Waals surface area (Å²) >= 11 is 1.52. The van der Waals surface area contributed by atoms with Crippen molar-refractivity contribution in [2.24, 2.45) is 5.10 Å². The summed E-state index contributed by atoms with van der Waals surface area (Å²) in [5.74, 6) is -1.18. The molecule has 0 saturated heterocycles. The quantitative estimate of drug-likeness (QED) is 0.863. The Labute approximate surface area is 96.0 Å². The molecule has 0 bridgehead atoms. The van der Waals surface area contributed by atoms with E-state index in [2.05, 4.69) is 5.10 Å². The Hall–Kier alpha value is -1.69. The van der Waals surface area contributed by atoms with E-state index >= 15 is 0 Å². The van der Waals surface area contributed by atoms with E-state index in [1.165, 1.54) is 16.3 Å². The van der Waals surface area contributed by atoms with Crippen molar-refractivity contribution in [2.75, 3.05) is 0 Å². The Morgan fingerprint density at radius 2 is 2.38 bits per heavy atom. The Morgan fingerprint density at radius 1 is 1.56 bits per heavy atom. The molecule has 1 aromatic rings. The number of aliphatic carboxylic acids is 1. The zero-order valence-electron chi connectivity index (χ0n) is 8.42. The van der Waals surface area contributed by atoms with Crippen LogP contribution in [0.2, 0.25) is 0 Å². The van der Waals surface area contributed by atoms with Crippen molar-refractivity contribution in [3.05, 3.63) is 22.4 Å². The van der Waals surface area contributed by atoms with E-state index in [0.29, 0.717) is 6.54 Å². The fourth-order valence-corrected chi connectivity index (χ4v) is 2.12. The van der Waals surface area contributed by atoms with Crippen molar-refractivity contribution in [3.8, 4) is 0 Å². The van der Waals surface area contributed by atoms with Gasteiger partial charge in [-0.05, 0) is 11.4 Å². The predicted octanol–water partition coefficient (Wildman–Crippen LogP) is 1.31. The number of hydrazone groups is 1. The summed E-state index contributed by atoms with van der Waals surface area (Å²) in [6.45, 7) is 0.354. The van der Waals surface area contributed by atoms with Crippen molar-refractivity contribution < 1.29 is 14.7 Å². The van der Waals surface area contributed by atoms with Gasteiger partial charge in [0.15, 0.2) is 0 Å². The Morgan fingerprint density at radius 3 is 3.00 bits per heavy atom. The third-order valence-electron chi connectivity index (χ3n) is 2.24. The lowest BCUT2D eigenvalue weighted by Crippen LogP contribution is -2.33. The minimum absolute atomic E-state index is 0.0520. The lowest BCUT2D eigenvalue weighted by atomic mass is 10.2. The number of carboxylic acids is 1. The molecule has 2 rings (SSSR count). The summed E-state index contributed by atoms with van der Waals surface area (Å²) in [5, 5.41) is 15.8. The monoisotopic (exact) mass is 238 g/mol. The van der Waals surface area contributed by atoms with E-state index in [1.54, 1.807) is 0 Å². The molecule has 1 amide bonds. The minimum Gasteiger partial charge on any atom is -0.477 e. The fourth-order valence-electron chi connectivity index (χ4n) is 1.43. The van der Waals surface area contributed by atoms with Crippen molar-refractivity contribution in [1.82, 2.24) is 5.01 Å². The van der Waals surface area contributed by atoms with Gasteiger partial charge in [0.2, 0.25) is 5.91 Å². The molecule has 84 valence electrons. The van der Waals surface area contributed by atoms with E-state index in [4.69, 9.17) is 5.11 Å². The molecule has 1 aliphatic heterocycles. The Bertz CT molecular complexity index is 439. The number of carboxylic acid groups (broad SMARTS) is 1. The lowest BCUT2D eigenvalue weighted by Gasteiger charge is -2.21. The highest BCUT2D eigenvalue weighted by Crippen LogP contribution is 2.16. The van der Waals surface area contributed by atoms with Gasteiger partial charge in [-0.1, -0.05) is 6.07 Å². The van der Waals surface area contributed by atoms with Gasteiger partial charge in [0, 0.05) is 17.7 Å². The van der Waals surface area contributed by atoms with Crippen LogP contribution in [-0.4, -0.2) is 27.7 Å². The summed E-state index contributed by atoms with van der Waals surface area (Å²) < 4.78 is 0. The van der Waals surface area contributed by atoms with Gasteiger partial charge in [0.25, 0.3) is 0 Å². The molecule has 5 nitrogen and oxygen atoms in total. The molecule has 0 radical (unpaired) electrons. The normalized spacial score (nSPS) is 16.1. The standard InChI is InChI=1S/C10H10N2O3S/c13-9-4-3-8(10(14)15)11-12(9)6-7-2-1-5-16-7/h1-2,5H,3-4,6H2,(H,14,15). The number of hydrogen-bond donors (Lipinski definition) is 1. The molecule has 0 saturated carbocycles. The zero-order chi connectivity index (χ0) is 11.5. The highest BCUT2D eigenvalue weighted by atomic mass is 32.1. The van der Waals surface area contributed by atoms with E-state index in [9.17, 15) is 9.59 Å². The number of hydrogen-bond acceptors (Lipinski definition) is 4. The molecule has 0 spiro atoms. The van der Waals surface area contributed by atoms with Crippen molar-refractivity contribution >= 4 is 28.9 Å². The van der Waals surface area contributed by atoms with E-state index in [-0.39, 0.29) is 24.5 Å². The first-order valence-corrected chi connectivity index (χ1v) is 5.68. The summed E-state index contributed by atoms with van der Waals surface area (Å²) in [7, 11) is 0. The molecular weight excluding hydrogens is 228 g/mol.